The number of esters is 1. The van der Waals surface area contributed by atoms with Crippen molar-refractivity contribution in [3.05, 3.63) is 0 Å². The second-order valence-electron chi connectivity index (χ2n) is 8.14. The van der Waals surface area contributed by atoms with E-state index in [9.17, 15) is 24.6 Å². The summed E-state index contributed by atoms with van der Waals surface area (Å²) in [4.78, 5) is 33.6. The quantitative estimate of drug-likeness (QED) is 0.268. The van der Waals surface area contributed by atoms with Gasteiger partial charge in [0.15, 0.2) is 6.10 Å². The number of quaternary nitrogens is 2. The molecule has 25 heavy (non-hydrogen) atoms. The van der Waals surface area contributed by atoms with Crippen LogP contribution in [0.25, 0.3) is 0 Å². The highest BCUT2D eigenvalue weighted by molar-refractivity contribution is 5.72. The molecule has 0 heterocycles. The standard InChI is InChI=1S/C16H30N2O7/c1-17(2,3)9-12(7-14(19)20)24-11-16(23)25-13(8-15(21)22)10-18(4,5)6/h12-13H,7-11H2,1-6H3. The van der Waals surface area contributed by atoms with Gasteiger partial charge in [0.05, 0.1) is 42.3 Å². The Morgan fingerprint density at radius 2 is 1.20 bits per heavy atom. The van der Waals surface area contributed by atoms with E-state index < -0.39 is 43.1 Å². The summed E-state index contributed by atoms with van der Waals surface area (Å²) in [5.41, 5.74) is 0. The van der Waals surface area contributed by atoms with Crippen molar-refractivity contribution in [1.82, 2.24) is 0 Å². The first-order valence-electron chi connectivity index (χ1n) is 7.99. The van der Waals surface area contributed by atoms with Crippen LogP contribution in [0.4, 0.5) is 0 Å². The molecule has 9 heteroatoms. The van der Waals surface area contributed by atoms with E-state index in [1.807, 2.05) is 42.3 Å². The molecule has 146 valence electrons. The highest BCUT2D eigenvalue weighted by Gasteiger charge is 2.24. The highest BCUT2D eigenvalue weighted by Crippen LogP contribution is 2.08. The molecule has 9 nitrogen and oxygen atoms in total. The van der Waals surface area contributed by atoms with Crippen LogP contribution in [0.15, 0.2) is 0 Å². The fourth-order valence-electron chi connectivity index (χ4n) is 2.32. The summed E-state index contributed by atoms with van der Waals surface area (Å²) in [7, 11) is 11.1. The van der Waals surface area contributed by atoms with Crippen molar-refractivity contribution in [1.29, 1.82) is 0 Å². The fraction of sp³-hybridized carbons (Fsp3) is 0.812. The lowest BCUT2D eigenvalue weighted by Gasteiger charge is -2.30. The van der Waals surface area contributed by atoms with Gasteiger partial charge in [0.1, 0.15) is 25.8 Å². The Labute approximate surface area is 148 Å². The van der Waals surface area contributed by atoms with E-state index in [0.717, 1.165) is 0 Å². The largest absolute Gasteiger partial charge is 0.550 e. The van der Waals surface area contributed by atoms with Gasteiger partial charge in [-0.15, -0.1) is 0 Å². The average Bonchev–Trinajstić information content (AvgIpc) is 2.30. The molecule has 0 aliphatic rings. The lowest BCUT2D eigenvalue weighted by molar-refractivity contribution is -0.873. The lowest BCUT2D eigenvalue weighted by atomic mass is 10.2. The summed E-state index contributed by atoms with van der Waals surface area (Å²) >= 11 is 0. The minimum Gasteiger partial charge on any atom is -0.550 e. The van der Waals surface area contributed by atoms with Gasteiger partial charge in [0.2, 0.25) is 0 Å². The van der Waals surface area contributed by atoms with Crippen molar-refractivity contribution < 1.29 is 43.0 Å². The van der Waals surface area contributed by atoms with Crippen molar-refractivity contribution >= 4 is 17.9 Å². The van der Waals surface area contributed by atoms with Crippen LogP contribution >= 0.6 is 0 Å². The Kier molecular flexibility index (Phi) is 9.03. The van der Waals surface area contributed by atoms with E-state index >= 15 is 0 Å². The normalized spacial score (nSPS) is 14.6. The number of aliphatic carboxylic acids is 2. The summed E-state index contributed by atoms with van der Waals surface area (Å²) in [6.45, 7) is 0.197. The van der Waals surface area contributed by atoms with Gasteiger partial charge in [-0.05, 0) is 0 Å². The van der Waals surface area contributed by atoms with E-state index in [-0.39, 0.29) is 6.42 Å². The Morgan fingerprint density at radius 1 is 0.800 bits per heavy atom. The molecular formula is C16H30N2O7. The van der Waals surface area contributed by atoms with Crippen molar-refractivity contribution in [3.8, 4) is 0 Å². The Hall–Kier alpha value is -1.71. The summed E-state index contributed by atoms with van der Waals surface area (Å²) in [6.07, 6.45) is -2.32. The van der Waals surface area contributed by atoms with E-state index in [1.54, 1.807) is 0 Å². The summed E-state index contributed by atoms with van der Waals surface area (Å²) in [5, 5.41) is 21.6. The van der Waals surface area contributed by atoms with Gasteiger partial charge in [-0.25, -0.2) is 4.79 Å². The van der Waals surface area contributed by atoms with Crippen LogP contribution in [0.1, 0.15) is 12.8 Å². The molecule has 0 aromatic rings. The first kappa shape index (κ1) is 23.3. The third kappa shape index (κ3) is 14.3. The Bertz CT molecular complexity index is 466. The van der Waals surface area contributed by atoms with Crippen LogP contribution in [-0.4, -0.2) is 101 Å². The smallest absolute Gasteiger partial charge is 0.332 e. The summed E-state index contributed by atoms with van der Waals surface area (Å²) in [5.74, 6) is -3.33. The predicted octanol–water partition coefficient (Wildman–Crippen LogP) is -3.02. The van der Waals surface area contributed by atoms with E-state index in [0.29, 0.717) is 22.1 Å². The molecule has 0 spiro atoms. The second-order valence-corrected chi connectivity index (χ2v) is 8.14. The monoisotopic (exact) mass is 362 g/mol. The van der Waals surface area contributed by atoms with E-state index in [1.165, 1.54) is 0 Å². The van der Waals surface area contributed by atoms with Crippen LogP contribution < -0.4 is 10.2 Å². The molecule has 0 radical (unpaired) electrons. The van der Waals surface area contributed by atoms with E-state index in [2.05, 4.69) is 0 Å². The molecule has 0 saturated carbocycles. The first-order chi connectivity index (χ1) is 11.2. The molecule has 0 aromatic carbocycles. The molecule has 0 aliphatic heterocycles. The molecule has 0 saturated heterocycles. The van der Waals surface area contributed by atoms with Crippen LogP contribution in [0, 0.1) is 0 Å². The molecule has 0 rings (SSSR count). The third-order valence-corrected chi connectivity index (χ3v) is 3.03. The van der Waals surface area contributed by atoms with Crippen molar-refractivity contribution in [2.24, 2.45) is 0 Å². The zero-order chi connectivity index (χ0) is 19.8. The van der Waals surface area contributed by atoms with E-state index in [4.69, 9.17) is 9.47 Å². The van der Waals surface area contributed by atoms with Gasteiger partial charge >= 0.3 is 5.97 Å². The molecule has 0 N–H and O–H groups in total. The molecule has 0 aromatic heterocycles. The zero-order valence-corrected chi connectivity index (χ0v) is 15.9. The number of rotatable bonds is 12. The van der Waals surface area contributed by atoms with Crippen LogP contribution in [-0.2, 0) is 23.9 Å². The maximum atomic E-state index is 11.9. The lowest BCUT2D eigenvalue weighted by Crippen LogP contribution is -2.46. The molecule has 0 amide bonds. The molecule has 0 aliphatic carbocycles. The molecule has 2 atom stereocenters. The maximum Gasteiger partial charge on any atom is 0.332 e. The SMILES string of the molecule is C[N+](C)(C)CC(CC(=O)[O-])OCC(=O)OC(CC(=O)[O-])C[N+](C)(C)C. The number of carbonyl (C=O) groups is 3. The highest BCUT2D eigenvalue weighted by atomic mass is 16.6. The van der Waals surface area contributed by atoms with Gasteiger partial charge in [-0.1, -0.05) is 0 Å². The van der Waals surface area contributed by atoms with Crippen molar-refractivity contribution in [2.45, 2.75) is 25.0 Å². The van der Waals surface area contributed by atoms with Gasteiger partial charge < -0.3 is 38.2 Å². The Balaban J connectivity index is 4.68. The number of carbonyl (C=O) groups excluding carboxylic acids is 3. The number of nitrogens with zero attached hydrogens (tertiary/aromatic N) is 2. The number of likely N-dealkylation sites (N-methyl/N-ethyl adjacent to an activating group) is 2. The maximum absolute atomic E-state index is 11.9. The molecular weight excluding hydrogens is 332 g/mol. The minimum absolute atomic E-state index is 0.293. The average molecular weight is 362 g/mol. The van der Waals surface area contributed by atoms with Crippen molar-refractivity contribution in [3.63, 3.8) is 0 Å². The predicted molar refractivity (Wildman–Crippen MR) is 84.7 cm³/mol. The van der Waals surface area contributed by atoms with Crippen LogP contribution in [0.3, 0.4) is 0 Å². The minimum atomic E-state index is -1.31. The van der Waals surface area contributed by atoms with Gasteiger partial charge in [-0.2, -0.15) is 0 Å². The summed E-state index contributed by atoms with van der Waals surface area (Å²) < 4.78 is 11.4. The second kappa shape index (κ2) is 9.69. The number of ether oxygens (including phenoxy) is 2. The summed E-state index contributed by atoms with van der Waals surface area (Å²) in [6, 6.07) is 0. The van der Waals surface area contributed by atoms with Gasteiger partial charge in [0, 0.05) is 24.8 Å². The third-order valence-electron chi connectivity index (χ3n) is 3.03. The molecule has 0 fully saturated rings. The first-order valence-corrected chi connectivity index (χ1v) is 7.99. The fourth-order valence-corrected chi connectivity index (χ4v) is 2.32. The van der Waals surface area contributed by atoms with Gasteiger partial charge in [0.25, 0.3) is 0 Å². The van der Waals surface area contributed by atoms with Crippen LogP contribution in [0.5, 0.6) is 0 Å². The number of hydrogen-bond donors (Lipinski definition) is 0. The topological polar surface area (TPSA) is 116 Å². The number of carboxylic acid groups (broad SMARTS) is 2. The van der Waals surface area contributed by atoms with Crippen LogP contribution in [0.2, 0.25) is 0 Å². The molecule has 2 unspecified atom stereocenters. The Morgan fingerprint density at radius 3 is 1.60 bits per heavy atom. The van der Waals surface area contributed by atoms with Gasteiger partial charge in [-0.3, -0.25) is 0 Å². The number of carboxylic acids is 2. The zero-order valence-electron chi connectivity index (χ0n) is 15.9. The molecule has 0 bridgehead atoms. The number of hydrogen-bond acceptors (Lipinski definition) is 7. The van der Waals surface area contributed by atoms with Crippen molar-refractivity contribution in [2.75, 3.05) is 62.0 Å².